The molecule has 37 heavy (non-hydrogen) atoms. The van der Waals surface area contributed by atoms with Gasteiger partial charge in [-0.3, -0.25) is 19.6 Å². The molecule has 2 amide bonds. The van der Waals surface area contributed by atoms with E-state index in [4.69, 9.17) is 34.4 Å². The zero-order valence-corrected chi connectivity index (χ0v) is 22.8. The van der Waals surface area contributed by atoms with Gasteiger partial charge >= 0.3 is 0 Å². The third kappa shape index (κ3) is 21.2. The summed E-state index contributed by atoms with van der Waals surface area (Å²) in [6.45, 7) is 7.15. The molecule has 0 aliphatic carbocycles. The topological polar surface area (TPSA) is 242 Å². The van der Waals surface area contributed by atoms with E-state index in [9.17, 15) is 9.59 Å². The minimum Gasteiger partial charge on any atom is -0.370 e. The number of aliphatic imine (C=N–C) groups is 2. The first-order chi connectivity index (χ1) is 17.7. The molecule has 0 radical (unpaired) electrons. The van der Waals surface area contributed by atoms with Crippen LogP contribution in [-0.4, -0.2) is 86.5 Å². The summed E-state index contributed by atoms with van der Waals surface area (Å²) in [5.74, 6) is -0.102. The molecule has 14 N–H and O–H groups in total. The summed E-state index contributed by atoms with van der Waals surface area (Å²) in [5.41, 5.74) is 33.1. The van der Waals surface area contributed by atoms with Crippen molar-refractivity contribution >= 4 is 23.7 Å². The van der Waals surface area contributed by atoms with E-state index in [1.54, 1.807) is 0 Å². The van der Waals surface area contributed by atoms with E-state index in [2.05, 4.69) is 32.4 Å². The van der Waals surface area contributed by atoms with Crippen molar-refractivity contribution in [3.8, 4) is 0 Å². The van der Waals surface area contributed by atoms with Gasteiger partial charge in [-0.1, -0.05) is 13.3 Å². The Balaban J connectivity index is 4.09. The van der Waals surface area contributed by atoms with E-state index < -0.39 is 12.1 Å². The molecule has 0 bridgehead atoms. The molecule has 0 aromatic heterocycles. The second-order valence-electron chi connectivity index (χ2n) is 9.30. The third-order valence-corrected chi connectivity index (χ3v) is 5.84. The molecular formula is C24H53N11O2. The van der Waals surface area contributed by atoms with E-state index in [-0.39, 0.29) is 23.7 Å². The standard InChI is InChI=1S/C24H53N11O2/c1-2-3-16-35(17-8-14-31-21(36)19(25)10-4-6-12-33-23(27)28)18-9-15-32-22(37)20(26)11-5-7-13-34-24(29)30/h19-20H,2-18,25-26H2,1H3,(H,31,36)(H,32,37)(H4,27,28,33)(H4,29,30,34)/t19-,20-/m1/s1. The van der Waals surface area contributed by atoms with Crippen LogP contribution in [0.15, 0.2) is 9.98 Å². The lowest BCUT2D eigenvalue weighted by Crippen LogP contribution is -2.42. The Morgan fingerprint density at radius 2 is 1.08 bits per heavy atom. The number of hydrogen-bond donors (Lipinski definition) is 8. The maximum absolute atomic E-state index is 12.2. The summed E-state index contributed by atoms with van der Waals surface area (Å²) >= 11 is 0. The molecule has 0 saturated heterocycles. The average Bonchev–Trinajstić information content (AvgIpc) is 2.85. The number of unbranched alkanes of at least 4 members (excludes halogenated alkanes) is 3. The van der Waals surface area contributed by atoms with Gasteiger partial charge in [0, 0.05) is 26.2 Å². The van der Waals surface area contributed by atoms with E-state index in [1.165, 1.54) is 0 Å². The normalized spacial score (nSPS) is 12.5. The highest BCUT2D eigenvalue weighted by Crippen LogP contribution is 2.02. The molecule has 0 unspecified atom stereocenters. The van der Waals surface area contributed by atoms with Crippen LogP contribution in [0.5, 0.6) is 0 Å². The van der Waals surface area contributed by atoms with Crippen molar-refractivity contribution in [1.82, 2.24) is 15.5 Å². The second-order valence-corrected chi connectivity index (χ2v) is 9.30. The SMILES string of the molecule is CCCCN(CCCNC(=O)[C@H](N)CCCCN=C(N)N)CCCNC(=O)[C@H](N)CCCCN=C(N)N. The molecule has 0 aromatic rings. The van der Waals surface area contributed by atoms with Crippen molar-refractivity contribution in [2.24, 2.45) is 44.4 Å². The Kier molecular flexibility index (Phi) is 20.9. The second kappa shape index (κ2) is 22.5. The lowest BCUT2D eigenvalue weighted by atomic mass is 10.1. The summed E-state index contributed by atoms with van der Waals surface area (Å²) < 4.78 is 0. The number of nitrogens with zero attached hydrogens (tertiary/aromatic N) is 3. The fourth-order valence-electron chi connectivity index (χ4n) is 3.64. The summed E-state index contributed by atoms with van der Waals surface area (Å²) in [6, 6.07) is -1.05. The van der Waals surface area contributed by atoms with Crippen LogP contribution in [-0.2, 0) is 9.59 Å². The van der Waals surface area contributed by atoms with Crippen molar-refractivity contribution in [2.75, 3.05) is 45.8 Å². The average molecular weight is 528 g/mol. The van der Waals surface area contributed by atoms with E-state index in [1.807, 2.05) is 0 Å². The minimum absolute atomic E-state index is 0.0763. The highest BCUT2D eigenvalue weighted by Gasteiger charge is 2.14. The lowest BCUT2D eigenvalue weighted by molar-refractivity contribution is -0.123. The molecular weight excluding hydrogens is 474 g/mol. The van der Waals surface area contributed by atoms with Crippen LogP contribution >= 0.6 is 0 Å². The zero-order valence-electron chi connectivity index (χ0n) is 22.8. The number of rotatable bonds is 23. The Labute approximate surface area is 222 Å². The predicted molar refractivity (Wildman–Crippen MR) is 152 cm³/mol. The largest absolute Gasteiger partial charge is 0.370 e. The van der Waals surface area contributed by atoms with Crippen molar-refractivity contribution in [3.05, 3.63) is 0 Å². The number of guanidine groups is 2. The van der Waals surface area contributed by atoms with Gasteiger partial charge in [0.2, 0.25) is 11.8 Å². The first kappa shape index (κ1) is 34.4. The zero-order chi connectivity index (χ0) is 27.9. The van der Waals surface area contributed by atoms with Gasteiger partial charge in [-0.2, -0.15) is 0 Å². The van der Waals surface area contributed by atoms with Gasteiger partial charge in [-0.25, -0.2) is 0 Å². The van der Waals surface area contributed by atoms with Gasteiger partial charge in [0.05, 0.1) is 12.1 Å². The monoisotopic (exact) mass is 527 g/mol. The Morgan fingerprint density at radius 1 is 0.676 bits per heavy atom. The first-order valence-electron chi connectivity index (χ1n) is 13.6. The number of hydrogen-bond acceptors (Lipinski definition) is 7. The fraction of sp³-hybridized carbons (Fsp3) is 0.833. The molecule has 13 nitrogen and oxygen atoms in total. The molecule has 0 saturated carbocycles. The van der Waals surface area contributed by atoms with E-state index in [0.29, 0.717) is 39.0 Å². The number of nitrogens with two attached hydrogens (primary N) is 6. The lowest BCUT2D eigenvalue weighted by Gasteiger charge is -2.22. The molecule has 0 fully saturated rings. The van der Waals surface area contributed by atoms with Gasteiger partial charge < -0.3 is 49.9 Å². The molecule has 0 aromatic carbocycles. The smallest absolute Gasteiger partial charge is 0.236 e. The maximum Gasteiger partial charge on any atom is 0.236 e. The van der Waals surface area contributed by atoms with Crippen LogP contribution in [0.1, 0.15) is 71.1 Å². The number of carbonyl (C=O) groups is 2. The van der Waals surface area contributed by atoms with E-state index in [0.717, 1.165) is 71.0 Å². The molecule has 0 spiro atoms. The van der Waals surface area contributed by atoms with Gasteiger partial charge in [-0.15, -0.1) is 0 Å². The summed E-state index contributed by atoms with van der Waals surface area (Å²) in [7, 11) is 0. The third-order valence-electron chi connectivity index (χ3n) is 5.84. The van der Waals surface area contributed by atoms with Crippen LogP contribution in [0, 0.1) is 0 Å². The van der Waals surface area contributed by atoms with Gasteiger partial charge in [0.25, 0.3) is 0 Å². The van der Waals surface area contributed by atoms with Crippen molar-refractivity contribution in [2.45, 2.75) is 83.2 Å². The Bertz CT molecular complexity index is 613. The van der Waals surface area contributed by atoms with E-state index >= 15 is 0 Å². The van der Waals surface area contributed by atoms with Crippen LogP contribution in [0.25, 0.3) is 0 Å². The quantitative estimate of drug-likeness (QED) is 0.0443. The Hall–Kier alpha value is -2.64. The highest BCUT2D eigenvalue weighted by atomic mass is 16.2. The fourth-order valence-corrected chi connectivity index (χ4v) is 3.64. The predicted octanol–water partition coefficient (Wildman–Crippen LogP) is -1.36. The minimum atomic E-state index is -0.524. The van der Waals surface area contributed by atoms with Gasteiger partial charge in [-0.05, 0) is 77.4 Å². The molecule has 0 aliphatic rings. The molecule has 2 atom stereocenters. The number of amides is 2. The van der Waals surface area contributed by atoms with Crippen LogP contribution in [0.4, 0.5) is 0 Å². The van der Waals surface area contributed by atoms with Crippen molar-refractivity contribution < 1.29 is 9.59 Å². The van der Waals surface area contributed by atoms with Crippen molar-refractivity contribution in [1.29, 1.82) is 0 Å². The highest BCUT2D eigenvalue weighted by molar-refractivity contribution is 5.81. The Morgan fingerprint density at radius 3 is 1.46 bits per heavy atom. The maximum atomic E-state index is 12.2. The molecule has 0 aliphatic heterocycles. The summed E-state index contributed by atoms with van der Waals surface area (Å²) in [6.07, 6.45) is 8.25. The van der Waals surface area contributed by atoms with Crippen LogP contribution < -0.4 is 45.0 Å². The molecule has 13 heteroatoms. The first-order valence-corrected chi connectivity index (χ1v) is 13.6. The molecule has 0 heterocycles. The number of nitrogens with one attached hydrogen (secondary N) is 2. The number of carbonyl (C=O) groups excluding carboxylic acids is 2. The van der Waals surface area contributed by atoms with Crippen molar-refractivity contribution in [3.63, 3.8) is 0 Å². The molecule has 0 rings (SSSR count). The molecule has 216 valence electrons. The van der Waals surface area contributed by atoms with Crippen LogP contribution in [0.2, 0.25) is 0 Å². The summed E-state index contributed by atoms with van der Waals surface area (Å²) in [4.78, 5) is 34.6. The van der Waals surface area contributed by atoms with Crippen LogP contribution in [0.3, 0.4) is 0 Å². The van der Waals surface area contributed by atoms with Gasteiger partial charge in [0.15, 0.2) is 11.9 Å². The summed E-state index contributed by atoms with van der Waals surface area (Å²) in [5, 5.41) is 5.86. The van der Waals surface area contributed by atoms with Gasteiger partial charge in [0.1, 0.15) is 0 Å².